The predicted molar refractivity (Wildman–Crippen MR) is 106 cm³/mol. The molecule has 0 saturated carbocycles. The normalized spacial score (nSPS) is 14.0. The van der Waals surface area contributed by atoms with E-state index in [2.05, 4.69) is 42.1 Å². The van der Waals surface area contributed by atoms with E-state index < -0.39 is 0 Å². The van der Waals surface area contributed by atoms with Gasteiger partial charge in [0.15, 0.2) is 5.65 Å². The molecule has 4 rings (SSSR count). The molecule has 27 heavy (non-hydrogen) atoms. The van der Waals surface area contributed by atoms with Crippen molar-refractivity contribution in [2.24, 2.45) is 5.73 Å². The van der Waals surface area contributed by atoms with E-state index in [1.165, 1.54) is 11.1 Å². The van der Waals surface area contributed by atoms with Gasteiger partial charge in [-0.15, -0.1) is 0 Å². The summed E-state index contributed by atoms with van der Waals surface area (Å²) in [6.07, 6.45) is 8.00. The van der Waals surface area contributed by atoms with Crippen molar-refractivity contribution in [1.82, 2.24) is 14.6 Å². The standard InChI is InChI=1S/C21H25N5O/c1-14(2)16-5-6-19-17(10-16)4-3-9-25(19)21(27)18-12-24-26-13-15(7-8-22)11-23-20(18)26/h5-6,10-14H,3-4,7-9,22H2,1-2H3. The first kappa shape index (κ1) is 17.7. The van der Waals surface area contributed by atoms with Crippen LogP contribution in [0.4, 0.5) is 5.69 Å². The first-order valence-corrected chi connectivity index (χ1v) is 9.55. The molecular weight excluding hydrogens is 338 g/mol. The number of fused-ring (bicyclic) bond motifs is 2. The second-order valence-electron chi connectivity index (χ2n) is 7.43. The molecule has 2 N–H and O–H groups in total. The average molecular weight is 363 g/mol. The first-order valence-electron chi connectivity index (χ1n) is 9.55. The Kier molecular flexibility index (Phi) is 4.66. The molecule has 140 valence electrons. The summed E-state index contributed by atoms with van der Waals surface area (Å²) in [4.78, 5) is 19.6. The van der Waals surface area contributed by atoms with E-state index in [1.54, 1.807) is 16.9 Å². The van der Waals surface area contributed by atoms with Gasteiger partial charge in [-0.2, -0.15) is 5.10 Å². The van der Waals surface area contributed by atoms with Gasteiger partial charge in [0.1, 0.15) is 5.56 Å². The number of hydrogen-bond acceptors (Lipinski definition) is 4. The lowest BCUT2D eigenvalue weighted by atomic mass is 9.94. The van der Waals surface area contributed by atoms with Gasteiger partial charge < -0.3 is 10.6 Å². The fourth-order valence-corrected chi connectivity index (χ4v) is 3.69. The molecule has 1 aliphatic heterocycles. The Hall–Kier alpha value is -2.73. The minimum absolute atomic E-state index is 0.0395. The number of carbonyl (C=O) groups excluding carboxylic acids is 1. The van der Waals surface area contributed by atoms with Crippen LogP contribution in [-0.2, 0) is 12.8 Å². The van der Waals surface area contributed by atoms with E-state index in [0.717, 1.165) is 37.1 Å². The lowest BCUT2D eigenvalue weighted by molar-refractivity contribution is 0.0986. The van der Waals surface area contributed by atoms with E-state index in [9.17, 15) is 4.79 Å². The smallest absolute Gasteiger partial charge is 0.263 e. The maximum Gasteiger partial charge on any atom is 0.263 e. The number of carbonyl (C=O) groups is 1. The minimum Gasteiger partial charge on any atom is -0.330 e. The molecule has 0 aliphatic carbocycles. The van der Waals surface area contributed by atoms with Crippen molar-refractivity contribution < 1.29 is 4.79 Å². The molecular formula is C21H25N5O. The summed E-state index contributed by atoms with van der Waals surface area (Å²) in [5.74, 6) is 0.440. The van der Waals surface area contributed by atoms with Gasteiger partial charge in [0.25, 0.3) is 5.91 Å². The van der Waals surface area contributed by atoms with Gasteiger partial charge in [-0.05, 0) is 54.5 Å². The van der Waals surface area contributed by atoms with E-state index >= 15 is 0 Å². The lowest BCUT2D eigenvalue weighted by Crippen LogP contribution is -2.35. The molecule has 0 spiro atoms. The fourth-order valence-electron chi connectivity index (χ4n) is 3.69. The number of nitrogens with two attached hydrogens (primary N) is 1. The summed E-state index contributed by atoms with van der Waals surface area (Å²) in [5, 5.41) is 4.34. The largest absolute Gasteiger partial charge is 0.330 e. The summed E-state index contributed by atoms with van der Waals surface area (Å²) >= 11 is 0. The molecule has 0 fully saturated rings. The van der Waals surface area contributed by atoms with Crippen LogP contribution in [-0.4, -0.2) is 33.6 Å². The van der Waals surface area contributed by atoms with Crippen molar-refractivity contribution in [2.75, 3.05) is 18.0 Å². The van der Waals surface area contributed by atoms with E-state index in [1.807, 2.05) is 11.1 Å². The second kappa shape index (κ2) is 7.12. The quantitative estimate of drug-likeness (QED) is 0.773. The zero-order valence-corrected chi connectivity index (χ0v) is 15.9. The van der Waals surface area contributed by atoms with Crippen LogP contribution in [0.3, 0.4) is 0 Å². The number of benzene rings is 1. The van der Waals surface area contributed by atoms with Crippen molar-refractivity contribution in [3.63, 3.8) is 0 Å². The molecule has 6 nitrogen and oxygen atoms in total. The lowest BCUT2D eigenvalue weighted by Gasteiger charge is -2.30. The van der Waals surface area contributed by atoms with Crippen LogP contribution < -0.4 is 10.6 Å². The molecule has 0 bridgehead atoms. The molecule has 0 atom stereocenters. The Labute approximate surface area is 159 Å². The maximum atomic E-state index is 13.3. The number of rotatable bonds is 4. The summed E-state index contributed by atoms with van der Waals surface area (Å²) in [6, 6.07) is 6.45. The Morgan fingerprint density at radius 1 is 1.30 bits per heavy atom. The van der Waals surface area contributed by atoms with E-state index in [4.69, 9.17) is 5.73 Å². The molecule has 3 aromatic rings. The number of aromatic nitrogens is 3. The van der Waals surface area contributed by atoms with Crippen LogP contribution in [0.2, 0.25) is 0 Å². The van der Waals surface area contributed by atoms with Crippen LogP contribution in [0.15, 0.2) is 36.8 Å². The van der Waals surface area contributed by atoms with Crippen LogP contribution in [0, 0.1) is 0 Å². The molecule has 0 radical (unpaired) electrons. The third-order valence-corrected chi connectivity index (χ3v) is 5.21. The number of aryl methyl sites for hydroxylation is 1. The van der Waals surface area contributed by atoms with Crippen LogP contribution in [0.1, 0.15) is 53.2 Å². The molecule has 1 aromatic carbocycles. The SMILES string of the molecule is CC(C)c1ccc2c(c1)CCCN2C(=O)c1cnn2cc(CCN)cnc12. The van der Waals surface area contributed by atoms with E-state index in [0.29, 0.717) is 23.7 Å². The Morgan fingerprint density at radius 2 is 2.15 bits per heavy atom. The van der Waals surface area contributed by atoms with Gasteiger partial charge >= 0.3 is 0 Å². The molecule has 1 aliphatic rings. The monoisotopic (exact) mass is 363 g/mol. The number of hydrogen-bond donors (Lipinski definition) is 1. The maximum absolute atomic E-state index is 13.3. The van der Waals surface area contributed by atoms with Gasteiger partial charge in [-0.25, -0.2) is 9.50 Å². The number of amides is 1. The average Bonchev–Trinajstić information content (AvgIpc) is 3.10. The molecule has 0 saturated heterocycles. The highest BCUT2D eigenvalue weighted by Gasteiger charge is 2.26. The van der Waals surface area contributed by atoms with Crippen molar-refractivity contribution in [3.8, 4) is 0 Å². The van der Waals surface area contributed by atoms with Crippen molar-refractivity contribution >= 4 is 17.2 Å². The first-order chi connectivity index (χ1) is 13.1. The zero-order valence-electron chi connectivity index (χ0n) is 15.9. The van der Waals surface area contributed by atoms with Gasteiger partial charge in [0.2, 0.25) is 0 Å². The van der Waals surface area contributed by atoms with Gasteiger partial charge in [-0.1, -0.05) is 26.0 Å². The number of anilines is 1. The Morgan fingerprint density at radius 3 is 2.93 bits per heavy atom. The highest BCUT2D eigenvalue weighted by atomic mass is 16.2. The molecule has 0 unspecified atom stereocenters. The zero-order chi connectivity index (χ0) is 19.0. The topological polar surface area (TPSA) is 76.5 Å². The Balaban J connectivity index is 1.69. The van der Waals surface area contributed by atoms with Crippen molar-refractivity contribution in [1.29, 1.82) is 0 Å². The molecule has 6 heteroatoms. The summed E-state index contributed by atoms with van der Waals surface area (Å²) < 4.78 is 1.67. The molecule has 2 aromatic heterocycles. The van der Waals surface area contributed by atoms with Gasteiger partial charge in [0.05, 0.1) is 6.20 Å². The summed E-state index contributed by atoms with van der Waals surface area (Å²) in [6.45, 7) is 5.66. The summed E-state index contributed by atoms with van der Waals surface area (Å²) in [7, 11) is 0. The van der Waals surface area contributed by atoms with Crippen LogP contribution in [0.25, 0.3) is 5.65 Å². The highest BCUT2D eigenvalue weighted by molar-refractivity contribution is 6.10. The second-order valence-corrected chi connectivity index (χ2v) is 7.43. The van der Waals surface area contributed by atoms with Crippen LogP contribution >= 0.6 is 0 Å². The number of nitrogens with zero attached hydrogens (tertiary/aromatic N) is 4. The minimum atomic E-state index is -0.0395. The molecule has 3 heterocycles. The molecule has 1 amide bonds. The Bertz CT molecular complexity index is 991. The van der Waals surface area contributed by atoms with E-state index in [-0.39, 0.29) is 5.91 Å². The van der Waals surface area contributed by atoms with Gasteiger partial charge in [0, 0.05) is 24.6 Å². The summed E-state index contributed by atoms with van der Waals surface area (Å²) in [5.41, 5.74) is 11.3. The van der Waals surface area contributed by atoms with Crippen molar-refractivity contribution in [3.05, 3.63) is 59.0 Å². The van der Waals surface area contributed by atoms with Gasteiger partial charge in [-0.3, -0.25) is 4.79 Å². The van der Waals surface area contributed by atoms with Crippen molar-refractivity contribution in [2.45, 2.75) is 39.0 Å². The third-order valence-electron chi connectivity index (χ3n) is 5.21. The van der Waals surface area contributed by atoms with Crippen LogP contribution in [0.5, 0.6) is 0 Å². The highest BCUT2D eigenvalue weighted by Crippen LogP contribution is 2.31. The predicted octanol–water partition coefficient (Wildman–Crippen LogP) is 2.95. The third kappa shape index (κ3) is 3.21. The fraction of sp³-hybridized carbons (Fsp3) is 0.381.